The van der Waals surface area contributed by atoms with Gasteiger partial charge in [-0.2, -0.15) is 0 Å². The number of halogens is 3. The van der Waals surface area contributed by atoms with Crippen LogP contribution in [0.15, 0.2) is 0 Å². The van der Waals surface area contributed by atoms with E-state index >= 15 is 0 Å². The van der Waals surface area contributed by atoms with Gasteiger partial charge >= 0.3 is 0 Å². The number of hydrogen-bond acceptors (Lipinski definition) is 0. The summed E-state index contributed by atoms with van der Waals surface area (Å²) in [7, 11) is 0. The van der Waals surface area contributed by atoms with Crippen LogP contribution in [0.4, 0.5) is 0 Å². The first-order valence-corrected chi connectivity index (χ1v) is 0. The monoisotopic (exact) mass is 443 g/mol. The Morgan fingerprint density at radius 2 is 0.750 bits per heavy atom. The first-order chi connectivity index (χ1) is 0. The molecule has 4 heteroatoms. The minimum absolute atomic E-state index is 0. The van der Waals surface area contributed by atoms with Gasteiger partial charge in [0.05, 0.1) is 0 Å². The van der Waals surface area contributed by atoms with Gasteiger partial charge in [-0.15, -0.1) is 64.9 Å². The molecular weight excluding hydrogens is 442 g/mol. The van der Waals surface area contributed by atoms with Gasteiger partial charge in [0.1, 0.15) is 0 Å². The second-order valence-electron chi connectivity index (χ2n) is 0. The standard InChI is InChI=1S/Ag.BrH.2HI/h;3*1H. The van der Waals surface area contributed by atoms with Crippen molar-refractivity contribution in [3.8, 4) is 0 Å². The molecule has 0 aromatic rings. The summed E-state index contributed by atoms with van der Waals surface area (Å²) in [6, 6.07) is 0. The molecule has 4 heavy (non-hydrogen) atoms. The van der Waals surface area contributed by atoms with Crippen molar-refractivity contribution in [2.45, 2.75) is 0 Å². The zero-order valence-electron chi connectivity index (χ0n) is 1.53. The fourth-order valence-corrected chi connectivity index (χ4v) is 0. The zero-order valence-corrected chi connectivity index (χ0v) is 9.38. The summed E-state index contributed by atoms with van der Waals surface area (Å²) >= 11 is 0. The molecule has 0 saturated heterocycles. The quantitative estimate of drug-likeness (QED) is 0.395. The van der Waals surface area contributed by atoms with Crippen molar-refractivity contribution in [3.63, 3.8) is 0 Å². The summed E-state index contributed by atoms with van der Waals surface area (Å²) in [5, 5.41) is 0. The topological polar surface area (TPSA) is 0 Å². The Morgan fingerprint density at radius 1 is 0.750 bits per heavy atom. The maximum Gasteiger partial charge on any atom is 0 e. The summed E-state index contributed by atoms with van der Waals surface area (Å²) in [5.41, 5.74) is 0. The van der Waals surface area contributed by atoms with E-state index in [0.29, 0.717) is 0 Å². The molecule has 0 fully saturated rings. The summed E-state index contributed by atoms with van der Waals surface area (Å²) in [4.78, 5) is 0. The Bertz CT molecular complexity index is 6.00. The molecule has 0 rings (SSSR count). The molecule has 0 aliphatic heterocycles. The Kier molecular flexibility index (Phi) is 130. The molecular formula is H3AgBrI2. The van der Waals surface area contributed by atoms with Gasteiger partial charge in [0.25, 0.3) is 0 Å². The van der Waals surface area contributed by atoms with E-state index in [1.165, 1.54) is 0 Å². The van der Waals surface area contributed by atoms with E-state index in [9.17, 15) is 0 Å². The normalized spacial score (nSPS) is 0. The van der Waals surface area contributed by atoms with Gasteiger partial charge in [-0.1, -0.05) is 0 Å². The Hall–Kier alpha value is 2.68. The fourth-order valence-electron chi connectivity index (χ4n) is 0. The van der Waals surface area contributed by atoms with Crippen LogP contribution in [0.25, 0.3) is 0 Å². The molecule has 0 amide bonds. The van der Waals surface area contributed by atoms with Crippen LogP contribution in [0.1, 0.15) is 0 Å². The van der Waals surface area contributed by atoms with Crippen LogP contribution < -0.4 is 0 Å². The average molecular weight is 445 g/mol. The smallest absolute Gasteiger partial charge is 0 e. The van der Waals surface area contributed by atoms with Crippen LogP contribution in [0.5, 0.6) is 0 Å². The Morgan fingerprint density at radius 3 is 0.750 bits per heavy atom. The Labute approximate surface area is 85.8 Å². The van der Waals surface area contributed by atoms with Crippen LogP contribution >= 0.6 is 64.9 Å². The average Bonchev–Trinajstić information content (AvgIpc) is 0. The van der Waals surface area contributed by atoms with Crippen molar-refractivity contribution >= 4 is 64.9 Å². The van der Waals surface area contributed by atoms with Gasteiger partial charge in [-0.3, -0.25) is 0 Å². The number of rotatable bonds is 0. The van der Waals surface area contributed by atoms with E-state index in [4.69, 9.17) is 0 Å². The maximum absolute atomic E-state index is 0. The van der Waals surface area contributed by atoms with Crippen LogP contribution in [0, 0.1) is 0 Å². The van der Waals surface area contributed by atoms with E-state index in [1.54, 1.807) is 0 Å². The number of hydrogen-bond donors (Lipinski definition) is 0. The van der Waals surface area contributed by atoms with Crippen LogP contribution in [0.2, 0.25) is 0 Å². The molecule has 0 aliphatic carbocycles. The predicted octanol–water partition coefficient (Wildman–Crippen LogP) is 1.81. The van der Waals surface area contributed by atoms with Crippen molar-refractivity contribution in [1.29, 1.82) is 0 Å². The molecule has 35 valence electrons. The Balaban J connectivity index is 0. The van der Waals surface area contributed by atoms with Crippen LogP contribution in [0.3, 0.4) is 0 Å². The molecule has 0 aromatic heterocycles. The van der Waals surface area contributed by atoms with E-state index in [-0.39, 0.29) is 87.3 Å². The SMILES string of the molecule is Br.I.I.[Ag]. The van der Waals surface area contributed by atoms with Gasteiger partial charge in [0.2, 0.25) is 0 Å². The minimum atomic E-state index is 0. The third-order valence-corrected chi connectivity index (χ3v) is 0. The molecule has 0 nitrogen and oxygen atoms in total. The van der Waals surface area contributed by atoms with E-state index in [1.807, 2.05) is 0 Å². The van der Waals surface area contributed by atoms with Crippen LogP contribution in [-0.2, 0) is 22.4 Å². The van der Waals surface area contributed by atoms with E-state index in [0.717, 1.165) is 0 Å². The molecule has 0 aromatic carbocycles. The molecule has 0 heterocycles. The predicted molar refractivity (Wildman–Crippen MR) is 41.2 cm³/mol. The first kappa shape index (κ1) is 30.0. The molecule has 0 bridgehead atoms. The van der Waals surface area contributed by atoms with Crippen molar-refractivity contribution in [2.24, 2.45) is 0 Å². The first-order valence-electron chi connectivity index (χ1n) is 0. The second kappa shape index (κ2) is 17.3. The largest absolute Gasteiger partial charge is 0.114 e. The fraction of sp³-hybridized carbons (Fsp3) is 0. The summed E-state index contributed by atoms with van der Waals surface area (Å²) in [6.45, 7) is 0. The molecule has 0 atom stereocenters. The van der Waals surface area contributed by atoms with Crippen LogP contribution in [-0.4, -0.2) is 0 Å². The maximum atomic E-state index is 0. The molecule has 0 saturated carbocycles. The van der Waals surface area contributed by atoms with E-state index < -0.39 is 0 Å². The third kappa shape index (κ3) is 8.82. The van der Waals surface area contributed by atoms with Gasteiger partial charge in [-0.05, 0) is 0 Å². The third-order valence-electron chi connectivity index (χ3n) is 0. The van der Waals surface area contributed by atoms with Crippen molar-refractivity contribution in [2.75, 3.05) is 0 Å². The summed E-state index contributed by atoms with van der Waals surface area (Å²) in [5.74, 6) is 0. The molecule has 0 unspecified atom stereocenters. The van der Waals surface area contributed by atoms with Gasteiger partial charge < -0.3 is 0 Å². The second-order valence-corrected chi connectivity index (χ2v) is 0. The summed E-state index contributed by atoms with van der Waals surface area (Å²) < 4.78 is 0. The molecule has 0 aliphatic rings. The van der Waals surface area contributed by atoms with E-state index in [2.05, 4.69) is 0 Å². The molecule has 0 N–H and O–H groups in total. The van der Waals surface area contributed by atoms with Crippen molar-refractivity contribution in [1.82, 2.24) is 0 Å². The van der Waals surface area contributed by atoms with Gasteiger partial charge in [-0.25, -0.2) is 0 Å². The molecule has 0 spiro atoms. The summed E-state index contributed by atoms with van der Waals surface area (Å²) in [6.07, 6.45) is 0. The zero-order chi connectivity index (χ0) is 0. The molecule has 1 radical (unpaired) electrons. The van der Waals surface area contributed by atoms with Gasteiger partial charge in [0, 0.05) is 22.4 Å². The van der Waals surface area contributed by atoms with Crippen molar-refractivity contribution < 1.29 is 22.4 Å². The minimum Gasteiger partial charge on any atom is -0.114 e. The van der Waals surface area contributed by atoms with Gasteiger partial charge in [0.15, 0.2) is 0 Å². The van der Waals surface area contributed by atoms with Crippen molar-refractivity contribution in [3.05, 3.63) is 0 Å².